The molecule has 0 amide bonds. The molecule has 0 aliphatic heterocycles. The molecule has 0 unspecified atom stereocenters. The SMILES string of the molecule is C.O=C(O)O.O=C(O)O.[SrH2]. The fourth-order valence-corrected chi connectivity index (χ4v) is 0. The van der Waals surface area contributed by atoms with Gasteiger partial charge in [-0.2, -0.15) is 0 Å². The molecule has 0 atom stereocenters. The minimum atomic E-state index is -1.83. The molecule has 0 aliphatic carbocycles. The summed E-state index contributed by atoms with van der Waals surface area (Å²) in [6.07, 6.45) is -3.67. The molecule has 0 fully saturated rings. The topological polar surface area (TPSA) is 115 Å². The molecule has 0 rings (SSSR count). The van der Waals surface area contributed by atoms with Gasteiger partial charge in [0, 0.05) is 0 Å². The second-order valence-electron chi connectivity index (χ2n) is 0.565. The van der Waals surface area contributed by atoms with Crippen molar-refractivity contribution in [3.63, 3.8) is 0 Å². The van der Waals surface area contributed by atoms with E-state index in [0.29, 0.717) is 0 Å². The molecule has 7 heteroatoms. The van der Waals surface area contributed by atoms with Gasteiger partial charge in [0.25, 0.3) is 0 Å². The van der Waals surface area contributed by atoms with Gasteiger partial charge in [0.2, 0.25) is 0 Å². The van der Waals surface area contributed by atoms with E-state index in [1.807, 2.05) is 0 Å². The fraction of sp³-hybridized carbons (Fsp3) is 0.333. The van der Waals surface area contributed by atoms with E-state index in [1.54, 1.807) is 0 Å². The first-order valence-corrected chi connectivity index (χ1v) is 1.30. The summed E-state index contributed by atoms with van der Waals surface area (Å²) in [5.41, 5.74) is 0. The first-order chi connectivity index (χ1) is 3.46. The average Bonchev–Trinajstić information content (AvgIpc) is 1.25. The molecule has 0 saturated carbocycles. The number of carbonyl (C=O) groups is 2. The molecular weight excluding hydrogens is 220 g/mol. The van der Waals surface area contributed by atoms with E-state index in [0.717, 1.165) is 0 Å². The molecule has 0 spiro atoms. The number of hydrogen-bond acceptors (Lipinski definition) is 2. The summed E-state index contributed by atoms with van der Waals surface area (Å²) >= 11 is 0. The van der Waals surface area contributed by atoms with Crippen molar-refractivity contribution in [3.8, 4) is 0 Å². The summed E-state index contributed by atoms with van der Waals surface area (Å²) in [4.78, 5) is 17.1. The predicted octanol–water partition coefficient (Wildman–Crippen LogP) is 0.165. The predicted molar refractivity (Wildman–Crippen MR) is 36.6 cm³/mol. The van der Waals surface area contributed by atoms with Crippen LogP contribution in [-0.2, 0) is 0 Å². The molecule has 0 radical (unpaired) electrons. The quantitative estimate of drug-likeness (QED) is 0.440. The second-order valence-corrected chi connectivity index (χ2v) is 0.565. The van der Waals surface area contributed by atoms with Crippen LogP contribution >= 0.6 is 0 Å². The summed E-state index contributed by atoms with van der Waals surface area (Å²) < 4.78 is 0. The summed E-state index contributed by atoms with van der Waals surface area (Å²) in [5, 5.41) is 27.9. The van der Waals surface area contributed by atoms with Crippen LogP contribution in [0.4, 0.5) is 9.59 Å². The van der Waals surface area contributed by atoms with Crippen molar-refractivity contribution < 1.29 is 30.0 Å². The Morgan fingerprint density at radius 3 is 0.800 bits per heavy atom. The van der Waals surface area contributed by atoms with Gasteiger partial charge in [-0.15, -0.1) is 0 Å². The molecule has 6 nitrogen and oxygen atoms in total. The van der Waals surface area contributed by atoms with Gasteiger partial charge >= 0.3 is 57.8 Å². The molecular formula is C3H10O6Sr. The molecule has 0 aromatic rings. The zero-order valence-corrected chi connectivity index (χ0v) is 3.61. The van der Waals surface area contributed by atoms with Crippen molar-refractivity contribution in [3.05, 3.63) is 0 Å². The molecule has 0 saturated heterocycles. The Labute approximate surface area is 94.4 Å². The molecule has 10 heavy (non-hydrogen) atoms. The Morgan fingerprint density at radius 2 is 0.800 bits per heavy atom. The summed E-state index contributed by atoms with van der Waals surface area (Å²) in [6, 6.07) is 0. The van der Waals surface area contributed by atoms with Crippen molar-refractivity contribution in [2.75, 3.05) is 0 Å². The van der Waals surface area contributed by atoms with Crippen LogP contribution < -0.4 is 0 Å². The summed E-state index contributed by atoms with van der Waals surface area (Å²) in [5.74, 6) is 0. The van der Waals surface area contributed by atoms with Crippen molar-refractivity contribution in [1.29, 1.82) is 0 Å². The molecule has 0 bridgehead atoms. The maximum absolute atomic E-state index is 8.56. The van der Waals surface area contributed by atoms with E-state index in [2.05, 4.69) is 0 Å². The minimum absolute atomic E-state index is 0. The van der Waals surface area contributed by atoms with Gasteiger partial charge in [0.15, 0.2) is 0 Å². The van der Waals surface area contributed by atoms with Crippen LogP contribution in [0.1, 0.15) is 7.43 Å². The Balaban J connectivity index is -0.0000000300. The Hall–Kier alpha value is 0.0205. The monoisotopic (exact) mass is 230 g/mol. The molecule has 0 aliphatic rings. The van der Waals surface area contributed by atoms with Crippen molar-refractivity contribution in [2.24, 2.45) is 0 Å². The van der Waals surface area contributed by atoms with Gasteiger partial charge < -0.3 is 20.4 Å². The zero-order valence-electron chi connectivity index (χ0n) is 3.61. The third-order valence-corrected chi connectivity index (χ3v) is 0. The van der Waals surface area contributed by atoms with Crippen LogP contribution in [0, 0.1) is 0 Å². The van der Waals surface area contributed by atoms with Crippen LogP contribution in [-0.4, -0.2) is 78.2 Å². The van der Waals surface area contributed by atoms with Gasteiger partial charge in [-0.05, 0) is 0 Å². The van der Waals surface area contributed by atoms with Crippen LogP contribution in [0.3, 0.4) is 0 Å². The second kappa shape index (κ2) is 16.0. The van der Waals surface area contributed by atoms with Gasteiger partial charge in [-0.25, -0.2) is 9.59 Å². The normalized spacial score (nSPS) is 4.80. The van der Waals surface area contributed by atoms with Crippen LogP contribution in [0.5, 0.6) is 0 Å². The van der Waals surface area contributed by atoms with Crippen LogP contribution in [0.2, 0.25) is 0 Å². The standard InChI is InChI=1S/2CH2O3.CH4.Sr.2H/c2*2-1(3)4;;;;/h2*(H2,2,3,4);1H4;;;. The van der Waals surface area contributed by atoms with E-state index in [-0.39, 0.29) is 52.9 Å². The van der Waals surface area contributed by atoms with Gasteiger partial charge in [-0.1, -0.05) is 7.43 Å². The van der Waals surface area contributed by atoms with E-state index in [1.165, 1.54) is 0 Å². The van der Waals surface area contributed by atoms with Gasteiger partial charge in [0.1, 0.15) is 0 Å². The number of carboxylic acid groups (broad SMARTS) is 4. The Morgan fingerprint density at radius 1 is 0.800 bits per heavy atom. The summed E-state index contributed by atoms with van der Waals surface area (Å²) in [6.45, 7) is 0. The van der Waals surface area contributed by atoms with Crippen molar-refractivity contribution in [1.82, 2.24) is 0 Å². The van der Waals surface area contributed by atoms with Gasteiger partial charge in [0.05, 0.1) is 0 Å². The van der Waals surface area contributed by atoms with E-state index >= 15 is 0 Å². The molecule has 0 aromatic carbocycles. The van der Waals surface area contributed by atoms with E-state index in [4.69, 9.17) is 30.0 Å². The zero-order chi connectivity index (χ0) is 7.15. The Kier molecular flexibility index (Phi) is 36.0. The maximum atomic E-state index is 8.56. The van der Waals surface area contributed by atoms with E-state index in [9.17, 15) is 0 Å². The van der Waals surface area contributed by atoms with Crippen molar-refractivity contribution >= 4 is 57.8 Å². The molecule has 4 N–H and O–H groups in total. The molecule has 0 aromatic heterocycles. The van der Waals surface area contributed by atoms with Gasteiger partial charge in [-0.3, -0.25) is 0 Å². The van der Waals surface area contributed by atoms with Crippen LogP contribution in [0.25, 0.3) is 0 Å². The summed E-state index contributed by atoms with van der Waals surface area (Å²) in [7, 11) is 0. The number of rotatable bonds is 0. The average molecular weight is 230 g/mol. The van der Waals surface area contributed by atoms with Crippen LogP contribution in [0.15, 0.2) is 0 Å². The third kappa shape index (κ3) is 939000. The Bertz CT molecular complexity index is 71.0. The number of hydrogen-bond donors (Lipinski definition) is 4. The molecule has 0 heterocycles. The van der Waals surface area contributed by atoms with Crippen molar-refractivity contribution in [2.45, 2.75) is 7.43 Å². The molecule has 60 valence electrons. The first-order valence-electron chi connectivity index (χ1n) is 1.30. The van der Waals surface area contributed by atoms with E-state index < -0.39 is 12.3 Å². The first kappa shape index (κ1) is 22.5. The fourth-order valence-electron chi connectivity index (χ4n) is 0. The third-order valence-electron chi connectivity index (χ3n) is 0.